The maximum atomic E-state index is 12.4. The van der Waals surface area contributed by atoms with Crippen molar-refractivity contribution in [2.24, 2.45) is 0 Å². The van der Waals surface area contributed by atoms with Gasteiger partial charge in [-0.1, -0.05) is 67.7 Å². The average molecular weight is 1040 g/mol. The number of esters is 1. The van der Waals surface area contributed by atoms with Gasteiger partial charge in [0.2, 0.25) is 0 Å². The van der Waals surface area contributed by atoms with E-state index >= 15 is 0 Å². The number of unbranched alkanes of at least 4 members (excludes halogenated alkanes) is 1. The molecule has 0 aliphatic rings. The Kier molecular flexibility index (Phi) is 28.4. The topological polar surface area (TPSA) is 54.0 Å². The number of rotatable bonds is 29. The van der Waals surface area contributed by atoms with Crippen molar-refractivity contribution in [3.8, 4) is 0 Å². The fourth-order valence-electron chi connectivity index (χ4n) is 6.28. The van der Waals surface area contributed by atoms with Gasteiger partial charge in [0.1, 0.15) is 0 Å². The minimum atomic E-state index is -2.02. The molecule has 0 aromatic carbocycles. The van der Waals surface area contributed by atoms with Crippen LogP contribution in [0.25, 0.3) is 0 Å². The summed E-state index contributed by atoms with van der Waals surface area (Å²) in [4.78, 5) is 19.8. The van der Waals surface area contributed by atoms with Crippen LogP contribution >= 0.6 is 22.6 Å². The first kappa shape index (κ1) is 55.0. The fourth-order valence-corrected chi connectivity index (χ4v) is 16.1. The first-order valence-corrected chi connectivity index (χ1v) is 41.0. The molecular weight excluding hydrogens is 950 g/mol. The van der Waals surface area contributed by atoms with Crippen LogP contribution in [0.1, 0.15) is 108 Å². The number of hydrogen-bond donors (Lipinski definition) is 0. The van der Waals surface area contributed by atoms with Crippen LogP contribution in [0.4, 0.5) is 0 Å². The number of ether oxygens (including phenoxy) is 1. The summed E-state index contributed by atoms with van der Waals surface area (Å²) in [5, 5.41) is 0.157. The van der Waals surface area contributed by atoms with Gasteiger partial charge in [-0.3, -0.25) is 0 Å². The standard InChI is InChI=1S/C42H76IO5Si3.3CH3.Sn/c1-14-29-39(47-50(15-2,16-3)17-4)36-40(48-51(18-5,19-6)20-7)32-26-23-21-22-25-30-37(8)45-41(44)33-28-24-27-31-38(34-35-43)46-49(12,13)42(9,10)11;;;;/h1,14,21,23-24,26-28,32-35,37-40H,15-20,22,25,29-31,36H2,2-13H3;3*1H3;/b14-1?,23-21+,27-24+,32-26+,33-28-,35-34+;;;;/t37-,38+,39+,40+;;;;/m1..../s1. The molecule has 0 fully saturated rings. The van der Waals surface area contributed by atoms with E-state index in [1.807, 2.05) is 17.1 Å². The van der Waals surface area contributed by atoms with Crippen molar-refractivity contribution >= 4 is 71.9 Å². The molecule has 318 valence electrons. The van der Waals surface area contributed by atoms with E-state index in [2.05, 4.69) is 159 Å². The van der Waals surface area contributed by atoms with Crippen molar-refractivity contribution in [3.05, 3.63) is 68.9 Å². The van der Waals surface area contributed by atoms with Crippen molar-refractivity contribution in [1.29, 1.82) is 0 Å². The zero-order chi connectivity index (χ0) is 42.2. The molecule has 0 aromatic rings. The second kappa shape index (κ2) is 28.4. The van der Waals surface area contributed by atoms with E-state index in [-0.39, 0.29) is 35.4 Å². The zero-order valence-electron chi connectivity index (χ0n) is 38.1. The molecule has 0 saturated heterocycles. The van der Waals surface area contributed by atoms with E-state index in [1.54, 1.807) is 6.08 Å². The Morgan fingerprint density at radius 1 is 0.727 bits per heavy atom. The van der Waals surface area contributed by atoms with Crippen LogP contribution in [0.2, 0.25) is 69.2 Å². The molecule has 0 aliphatic carbocycles. The Bertz CT molecular complexity index is 1210. The summed E-state index contributed by atoms with van der Waals surface area (Å²) < 4.78 is 31.1. The Hall–Kier alpha value is -0.0306. The monoisotopic (exact) mass is 1040 g/mol. The summed E-state index contributed by atoms with van der Waals surface area (Å²) in [6, 6.07) is 6.91. The summed E-state index contributed by atoms with van der Waals surface area (Å²) in [6.45, 7) is 27.2. The molecular formula is C45H85IO5Si3Sn. The van der Waals surface area contributed by atoms with Crippen LogP contribution in [0, 0.1) is 0 Å². The maximum absolute atomic E-state index is 12.4. The van der Waals surface area contributed by atoms with Crippen LogP contribution in [0.5, 0.6) is 0 Å². The molecule has 10 heteroatoms. The third kappa shape index (κ3) is 24.0. The van der Waals surface area contributed by atoms with Crippen molar-refractivity contribution < 1.29 is 22.8 Å². The summed E-state index contributed by atoms with van der Waals surface area (Å²) in [5.41, 5.74) is 0. The minimum absolute atomic E-state index is 0.0340. The summed E-state index contributed by atoms with van der Waals surface area (Å²) >= 11 is 0.223. The van der Waals surface area contributed by atoms with Crippen LogP contribution in [0.3, 0.4) is 0 Å². The van der Waals surface area contributed by atoms with E-state index in [1.165, 1.54) is 6.08 Å². The van der Waals surface area contributed by atoms with Crippen molar-refractivity contribution in [2.75, 3.05) is 0 Å². The molecule has 0 aromatic heterocycles. The van der Waals surface area contributed by atoms with Crippen molar-refractivity contribution in [1.82, 2.24) is 0 Å². The molecule has 5 nitrogen and oxygen atoms in total. The summed E-state index contributed by atoms with van der Waals surface area (Å²) in [7, 11) is -5.46. The molecule has 0 unspecified atom stereocenters. The Balaban J connectivity index is 5.38. The zero-order valence-corrected chi connectivity index (χ0v) is 46.2. The second-order valence-corrected chi connectivity index (χ2v) is 47.3. The van der Waals surface area contributed by atoms with Crippen LogP contribution in [0.15, 0.2) is 68.9 Å². The number of halogens is 1. The Morgan fingerprint density at radius 2 is 1.29 bits per heavy atom. The first-order chi connectivity index (χ1) is 25.7. The predicted octanol–water partition coefficient (Wildman–Crippen LogP) is 15.0. The molecule has 0 rings (SSSR count). The predicted molar refractivity (Wildman–Crippen MR) is 262 cm³/mol. The molecule has 0 amide bonds. The van der Waals surface area contributed by atoms with Crippen LogP contribution in [-0.4, -0.2) is 73.7 Å². The number of hydrogen-bond acceptors (Lipinski definition) is 5. The SMILES string of the molecule is CC[Si](CC)(CC)O[C@@H](C/C=[CH]\[Sn]([CH3])([CH3])[CH3])C[C@H](/C=C/C=C/CCC[C@@H](C)OC(=O)/C=C\C=C\C[C@@H](/C=C/I)O[Si](C)(C)C(C)(C)C)O[Si](CC)(CC)CC. The molecule has 0 radical (unpaired) electrons. The van der Waals surface area contributed by atoms with Gasteiger partial charge in [-0.05, 0) is 42.0 Å². The van der Waals surface area contributed by atoms with Gasteiger partial charge >= 0.3 is 215 Å². The van der Waals surface area contributed by atoms with E-state index in [4.69, 9.17) is 18.0 Å². The van der Waals surface area contributed by atoms with Gasteiger partial charge in [-0.25, -0.2) is 4.79 Å². The average Bonchev–Trinajstić information content (AvgIpc) is 3.11. The normalized spacial score (nSPS) is 16.4. The van der Waals surface area contributed by atoms with Gasteiger partial charge in [-0.15, -0.1) is 0 Å². The second-order valence-electron chi connectivity index (χ2n) is 17.9. The number of carbonyl (C=O) groups excluding carboxylic acids is 1. The molecule has 0 saturated carbocycles. The van der Waals surface area contributed by atoms with Gasteiger partial charge in [0.05, 0.1) is 12.2 Å². The molecule has 55 heavy (non-hydrogen) atoms. The van der Waals surface area contributed by atoms with Gasteiger partial charge in [-0.2, -0.15) is 0 Å². The van der Waals surface area contributed by atoms with Gasteiger partial charge in [0.15, 0.2) is 8.32 Å². The Labute approximate surface area is 362 Å². The number of allylic oxidation sites excluding steroid dienone is 5. The van der Waals surface area contributed by atoms with E-state index in [0.717, 1.165) is 74.8 Å². The van der Waals surface area contributed by atoms with Gasteiger partial charge in [0, 0.05) is 6.08 Å². The van der Waals surface area contributed by atoms with E-state index in [9.17, 15) is 4.79 Å². The molecule has 0 N–H and O–H groups in total. The van der Waals surface area contributed by atoms with Gasteiger partial charge in [0.25, 0.3) is 0 Å². The van der Waals surface area contributed by atoms with Crippen LogP contribution < -0.4 is 0 Å². The van der Waals surface area contributed by atoms with Gasteiger partial charge < -0.3 is 9.16 Å². The van der Waals surface area contributed by atoms with Crippen molar-refractivity contribution in [2.45, 2.75) is 201 Å². The third-order valence-corrected chi connectivity index (χ3v) is 29.3. The third-order valence-electron chi connectivity index (χ3n) is 11.5. The summed E-state index contributed by atoms with van der Waals surface area (Å²) in [5.74, 6) is -0.301. The van der Waals surface area contributed by atoms with Crippen LogP contribution in [-0.2, 0) is 22.8 Å². The molecule has 0 aliphatic heterocycles. The first-order valence-electron chi connectivity index (χ1n) is 21.5. The Morgan fingerprint density at radius 3 is 1.82 bits per heavy atom. The summed E-state index contributed by atoms with van der Waals surface area (Å²) in [6.07, 6.45) is 26.2. The molecule has 0 spiro atoms. The molecule has 0 heterocycles. The molecule has 4 atom stereocenters. The van der Waals surface area contributed by atoms with Crippen molar-refractivity contribution in [3.63, 3.8) is 0 Å². The molecule has 0 bridgehead atoms. The van der Waals surface area contributed by atoms with E-state index < -0.39 is 43.3 Å². The number of carbonyl (C=O) groups is 1. The fraction of sp³-hybridized carbons (Fsp3) is 0.711. The van der Waals surface area contributed by atoms with E-state index in [0.29, 0.717) is 0 Å². The quantitative estimate of drug-likeness (QED) is 0.0187.